The summed E-state index contributed by atoms with van der Waals surface area (Å²) in [7, 11) is 1.84. The first-order valence-electron chi connectivity index (χ1n) is 5.89. The van der Waals surface area contributed by atoms with Gasteiger partial charge in [-0.25, -0.2) is 0 Å². The van der Waals surface area contributed by atoms with Crippen molar-refractivity contribution in [1.29, 1.82) is 0 Å². The van der Waals surface area contributed by atoms with Crippen LogP contribution in [0.25, 0.3) is 6.08 Å². The number of benzene rings is 1. The third-order valence-corrected chi connectivity index (χ3v) is 2.72. The molecule has 0 aliphatic rings. The molecule has 0 amide bonds. The molecule has 0 aliphatic heterocycles. The van der Waals surface area contributed by atoms with Crippen molar-refractivity contribution >= 4 is 11.9 Å². The lowest BCUT2D eigenvalue weighted by atomic mass is 9.98. The summed E-state index contributed by atoms with van der Waals surface area (Å²) in [5.74, 6) is 6.03. The lowest BCUT2D eigenvalue weighted by Crippen LogP contribution is -2.00. The van der Waals surface area contributed by atoms with Crippen molar-refractivity contribution in [3.63, 3.8) is 0 Å². The van der Waals surface area contributed by atoms with Gasteiger partial charge in [-0.1, -0.05) is 36.6 Å². The van der Waals surface area contributed by atoms with Gasteiger partial charge < -0.3 is 0 Å². The molecule has 0 spiro atoms. The number of carbonyl (C=O) groups excluding carboxylic acids is 1. The van der Waals surface area contributed by atoms with E-state index in [0.29, 0.717) is 11.1 Å². The monoisotopic (exact) mass is 250 g/mol. The summed E-state index contributed by atoms with van der Waals surface area (Å²) < 4.78 is 1.69. The molecule has 0 aliphatic carbocycles. The first kappa shape index (κ1) is 12.8. The van der Waals surface area contributed by atoms with Crippen LogP contribution in [-0.2, 0) is 7.05 Å². The number of hydrogen-bond donors (Lipinski definition) is 0. The molecule has 19 heavy (non-hydrogen) atoms. The van der Waals surface area contributed by atoms with Crippen LogP contribution in [-0.4, -0.2) is 15.6 Å². The molecule has 0 bridgehead atoms. The second-order valence-electron chi connectivity index (χ2n) is 4.18. The van der Waals surface area contributed by atoms with Gasteiger partial charge in [0.15, 0.2) is 5.78 Å². The van der Waals surface area contributed by atoms with Gasteiger partial charge in [-0.2, -0.15) is 5.10 Å². The molecule has 94 valence electrons. The van der Waals surface area contributed by atoms with E-state index in [0.717, 1.165) is 11.1 Å². The van der Waals surface area contributed by atoms with Gasteiger partial charge in [0.1, 0.15) is 0 Å². The molecular formula is C16H14N2O. The molecule has 0 N–H and O–H groups in total. The molecule has 1 aromatic carbocycles. The highest BCUT2D eigenvalue weighted by Crippen LogP contribution is 2.16. The molecule has 1 aromatic heterocycles. The predicted molar refractivity (Wildman–Crippen MR) is 75.7 cm³/mol. The highest BCUT2D eigenvalue weighted by molar-refractivity contribution is 6.00. The minimum atomic E-state index is -0.00835. The summed E-state index contributed by atoms with van der Waals surface area (Å²) in [6.07, 6.45) is 5.20. The van der Waals surface area contributed by atoms with E-state index in [1.54, 1.807) is 17.0 Å². The second kappa shape index (κ2) is 5.36. The topological polar surface area (TPSA) is 34.9 Å². The zero-order chi connectivity index (χ0) is 13.8. The van der Waals surface area contributed by atoms with Gasteiger partial charge in [0.25, 0.3) is 0 Å². The average molecular weight is 250 g/mol. The van der Waals surface area contributed by atoms with Crippen molar-refractivity contribution in [3.05, 3.63) is 59.4 Å². The molecule has 3 nitrogen and oxygen atoms in total. The number of carbonyl (C=O) groups is 1. The third-order valence-electron chi connectivity index (χ3n) is 2.72. The SMILES string of the molecule is C=Cc1cccc(C#Cc2cnn(C)c2)c1C(C)=O. The van der Waals surface area contributed by atoms with Crippen molar-refractivity contribution < 1.29 is 4.79 Å². The van der Waals surface area contributed by atoms with Crippen LogP contribution in [0.4, 0.5) is 0 Å². The third kappa shape index (κ3) is 2.80. The molecular weight excluding hydrogens is 236 g/mol. The molecule has 1 heterocycles. The fourth-order valence-corrected chi connectivity index (χ4v) is 1.86. The van der Waals surface area contributed by atoms with Gasteiger partial charge in [0.05, 0.1) is 11.8 Å². The molecule has 0 atom stereocenters. The van der Waals surface area contributed by atoms with Crippen LogP contribution < -0.4 is 0 Å². The summed E-state index contributed by atoms with van der Waals surface area (Å²) in [6.45, 7) is 5.26. The average Bonchev–Trinajstić information content (AvgIpc) is 2.81. The Morgan fingerprint density at radius 2 is 2.21 bits per heavy atom. The normalized spacial score (nSPS) is 9.58. The van der Waals surface area contributed by atoms with Gasteiger partial charge in [-0.3, -0.25) is 9.48 Å². The summed E-state index contributed by atoms with van der Waals surface area (Å²) in [5.41, 5.74) is 2.97. The second-order valence-corrected chi connectivity index (χ2v) is 4.18. The maximum atomic E-state index is 11.7. The highest BCUT2D eigenvalue weighted by atomic mass is 16.1. The molecule has 0 saturated heterocycles. The number of nitrogens with zero attached hydrogens (tertiary/aromatic N) is 2. The molecule has 3 heteroatoms. The number of aryl methyl sites for hydroxylation is 1. The minimum Gasteiger partial charge on any atom is -0.294 e. The van der Waals surface area contributed by atoms with E-state index in [1.165, 1.54) is 6.92 Å². The fourth-order valence-electron chi connectivity index (χ4n) is 1.86. The van der Waals surface area contributed by atoms with Crippen LogP contribution in [0.15, 0.2) is 37.2 Å². The van der Waals surface area contributed by atoms with E-state index in [9.17, 15) is 4.79 Å². The summed E-state index contributed by atoms with van der Waals surface area (Å²) in [6, 6.07) is 5.57. The molecule has 0 fully saturated rings. The maximum absolute atomic E-state index is 11.7. The van der Waals surface area contributed by atoms with Crippen LogP contribution in [0.5, 0.6) is 0 Å². The lowest BCUT2D eigenvalue weighted by molar-refractivity contribution is 0.101. The van der Waals surface area contributed by atoms with Crippen molar-refractivity contribution in [2.24, 2.45) is 7.05 Å². The molecule has 0 unspecified atom stereocenters. The zero-order valence-corrected chi connectivity index (χ0v) is 11.0. The summed E-state index contributed by atoms with van der Waals surface area (Å²) >= 11 is 0. The van der Waals surface area contributed by atoms with Crippen LogP contribution in [0.1, 0.15) is 34.0 Å². The number of rotatable bonds is 2. The van der Waals surface area contributed by atoms with Gasteiger partial charge >= 0.3 is 0 Å². The van der Waals surface area contributed by atoms with Crippen LogP contribution in [0, 0.1) is 11.8 Å². The van der Waals surface area contributed by atoms with Gasteiger partial charge in [0, 0.05) is 24.4 Å². The maximum Gasteiger partial charge on any atom is 0.161 e. The Balaban J connectivity index is 2.49. The lowest BCUT2D eigenvalue weighted by Gasteiger charge is -2.04. The van der Waals surface area contributed by atoms with Crippen LogP contribution in [0.2, 0.25) is 0 Å². The largest absolute Gasteiger partial charge is 0.294 e. The first-order valence-corrected chi connectivity index (χ1v) is 5.89. The van der Waals surface area contributed by atoms with E-state index < -0.39 is 0 Å². The van der Waals surface area contributed by atoms with Gasteiger partial charge in [0.2, 0.25) is 0 Å². The van der Waals surface area contributed by atoms with Gasteiger partial charge in [-0.15, -0.1) is 0 Å². The molecule has 2 rings (SSSR count). The number of aromatic nitrogens is 2. The summed E-state index contributed by atoms with van der Waals surface area (Å²) in [4.78, 5) is 11.7. The van der Waals surface area contributed by atoms with Crippen molar-refractivity contribution in [2.45, 2.75) is 6.92 Å². The van der Waals surface area contributed by atoms with E-state index in [-0.39, 0.29) is 5.78 Å². The number of Topliss-reactive ketones (excluding diaryl/α,β-unsaturated/α-hetero) is 1. The quantitative estimate of drug-likeness (QED) is 0.606. The fraction of sp³-hybridized carbons (Fsp3) is 0.125. The van der Waals surface area contributed by atoms with E-state index >= 15 is 0 Å². The molecule has 0 saturated carbocycles. The Bertz CT molecular complexity index is 699. The molecule has 2 aromatic rings. The van der Waals surface area contributed by atoms with Crippen LogP contribution >= 0.6 is 0 Å². The Morgan fingerprint density at radius 3 is 2.79 bits per heavy atom. The Hall–Kier alpha value is -2.60. The zero-order valence-electron chi connectivity index (χ0n) is 11.0. The number of ketones is 1. The Kier molecular flexibility index (Phi) is 3.63. The number of hydrogen-bond acceptors (Lipinski definition) is 2. The smallest absolute Gasteiger partial charge is 0.161 e. The van der Waals surface area contributed by atoms with Crippen molar-refractivity contribution in [3.8, 4) is 11.8 Å². The molecule has 0 radical (unpaired) electrons. The Labute approximate surface area is 112 Å². The van der Waals surface area contributed by atoms with Crippen molar-refractivity contribution in [2.75, 3.05) is 0 Å². The van der Waals surface area contributed by atoms with E-state index in [4.69, 9.17) is 0 Å². The minimum absolute atomic E-state index is 0.00835. The standard InChI is InChI=1S/C16H14N2O/c1-4-14-6-5-7-15(16(14)12(2)19)9-8-13-10-17-18(3)11-13/h4-7,10-11H,1H2,2-3H3. The van der Waals surface area contributed by atoms with Gasteiger partial charge in [-0.05, 0) is 18.6 Å². The van der Waals surface area contributed by atoms with E-state index in [1.807, 2.05) is 31.4 Å². The van der Waals surface area contributed by atoms with Crippen molar-refractivity contribution in [1.82, 2.24) is 9.78 Å². The van der Waals surface area contributed by atoms with E-state index in [2.05, 4.69) is 23.5 Å². The summed E-state index contributed by atoms with van der Waals surface area (Å²) in [5, 5.41) is 4.05. The van der Waals surface area contributed by atoms with Crippen LogP contribution in [0.3, 0.4) is 0 Å². The predicted octanol–water partition coefficient (Wildman–Crippen LogP) is 2.67. The Morgan fingerprint density at radius 1 is 1.42 bits per heavy atom. The first-order chi connectivity index (χ1) is 9.11. The highest BCUT2D eigenvalue weighted by Gasteiger charge is 2.09.